The van der Waals surface area contributed by atoms with Gasteiger partial charge in [0.05, 0.1) is 4.90 Å². The minimum atomic E-state index is -3.53. The molecule has 0 saturated carbocycles. The van der Waals surface area contributed by atoms with Gasteiger partial charge in [-0.25, -0.2) is 13.1 Å². The van der Waals surface area contributed by atoms with Gasteiger partial charge in [-0.1, -0.05) is 38.0 Å². The number of hydrogen-bond acceptors (Lipinski definition) is 3. The number of nitrogens with one attached hydrogen (secondary N) is 1. The molecule has 0 aliphatic rings. The van der Waals surface area contributed by atoms with Crippen LogP contribution in [0.15, 0.2) is 59.5 Å². The van der Waals surface area contributed by atoms with E-state index in [1.165, 1.54) is 17.0 Å². The van der Waals surface area contributed by atoms with Crippen LogP contribution in [0.2, 0.25) is 0 Å². The molecule has 0 radical (unpaired) electrons. The molecule has 0 fully saturated rings. The molecule has 0 aliphatic carbocycles. The lowest BCUT2D eigenvalue weighted by Gasteiger charge is -2.17. The van der Waals surface area contributed by atoms with E-state index in [9.17, 15) is 13.2 Å². The molecular weight excluding hydrogens is 336 g/mol. The summed E-state index contributed by atoms with van der Waals surface area (Å²) >= 11 is 0. The number of benzene rings is 2. The molecule has 2 aromatic carbocycles. The molecule has 2 aromatic rings. The molecule has 0 aromatic heterocycles. The Labute approximate surface area is 149 Å². The van der Waals surface area contributed by atoms with E-state index in [-0.39, 0.29) is 10.8 Å². The molecule has 25 heavy (non-hydrogen) atoms. The number of hydrogen-bond donors (Lipinski definition) is 1. The number of unbranched alkanes of at least 4 members (excludes halogenated alkanes) is 2. The molecule has 1 N–H and O–H groups in total. The zero-order chi connectivity index (χ0) is 18.3. The van der Waals surface area contributed by atoms with Crippen molar-refractivity contribution in [1.29, 1.82) is 0 Å². The van der Waals surface area contributed by atoms with Gasteiger partial charge in [0.15, 0.2) is 0 Å². The Morgan fingerprint density at radius 3 is 2.24 bits per heavy atom. The fourth-order valence-electron chi connectivity index (χ4n) is 2.40. The summed E-state index contributed by atoms with van der Waals surface area (Å²) in [7, 11) is -1.84. The van der Waals surface area contributed by atoms with E-state index in [0.29, 0.717) is 12.1 Å². The van der Waals surface area contributed by atoms with Crippen LogP contribution >= 0.6 is 0 Å². The standard InChI is InChI=1S/C19H24N2O3S/c1-3-4-8-15-20-25(23,24)18-13-11-16(12-14-18)19(22)21(2)17-9-6-5-7-10-17/h5-7,9-14,20H,3-4,8,15H2,1-2H3. The van der Waals surface area contributed by atoms with Gasteiger partial charge in [-0.2, -0.15) is 0 Å². The lowest BCUT2D eigenvalue weighted by Crippen LogP contribution is -2.27. The van der Waals surface area contributed by atoms with Crippen LogP contribution in [0.5, 0.6) is 0 Å². The van der Waals surface area contributed by atoms with Crippen LogP contribution in [0.1, 0.15) is 36.5 Å². The first-order valence-corrected chi connectivity index (χ1v) is 9.87. The van der Waals surface area contributed by atoms with E-state index in [1.807, 2.05) is 30.3 Å². The number of nitrogens with zero attached hydrogens (tertiary/aromatic N) is 1. The Balaban J connectivity index is 2.07. The summed E-state index contributed by atoms with van der Waals surface area (Å²) in [5, 5.41) is 0. The maximum atomic E-state index is 12.5. The predicted molar refractivity (Wildman–Crippen MR) is 100 cm³/mol. The van der Waals surface area contributed by atoms with Crippen LogP contribution in [-0.4, -0.2) is 27.9 Å². The third kappa shape index (κ3) is 5.14. The summed E-state index contributed by atoms with van der Waals surface area (Å²) in [6.07, 6.45) is 2.84. The van der Waals surface area contributed by atoms with Crippen molar-refractivity contribution in [1.82, 2.24) is 4.72 Å². The first-order valence-electron chi connectivity index (χ1n) is 8.38. The van der Waals surface area contributed by atoms with Crippen molar-refractivity contribution in [2.24, 2.45) is 0 Å². The summed E-state index contributed by atoms with van der Waals surface area (Å²) in [6, 6.07) is 15.3. The third-order valence-corrected chi connectivity index (χ3v) is 5.41. The smallest absolute Gasteiger partial charge is 0.258 e. The molecule has 6 heteroatoms. The van der Waals surface area contributed by atoms with Gasteiger partial charge in [0.25, 0.3) is 5.91 Å². The van der Waals surface area contributed by atoms with Crippen molar-refractivity contribution in [2.75, 3.05) is 18.5 Å². The number of amides is 1. The fourth-order valence-corrected chi connectivity index (χ4v) is 3.48. The molecule has 0 bridgehead atoms. The van der Waals surface area contributed by atoms with Crippen LogP contribution < -0.4 is 9.62 Å². The van der Waals surface area contributed by atoms with Crippen LogP contribution in [0.4, 0.5) is 5.69 Å². The van der Waals surface area contributed by atoms with Crippen molar-refractivity contribution in [3.8, 4) is 0 Å². The van der Waals surface area contributed by atoms with Crippen molar-refractivity contribution in [3.05, 3.63) is 60.2 Å². The fraction of sp³-hybridized carbons (Fsp3) is 0.316. The zero-order valence-electron chi connectivity index (χ0n) is 14.6. The molecule has 5 nitrogen and oxygen atoms in total. The molecule has 0 heterocycles. The highest BCUT2D eigenvalue weighted by molar-refractivity contribution is 7.89. The van der Waals surface area contributed by atoms with E-state index in [2.05, 4.69) is 11.6 Å². The average molecular weight is 360 g/mol. The molecule has 134 valence electrons. The Bertz CT molecular complexity index is 787. The molecule has 0 aliphatic heterocycles. The van der Waals surface area contributed by atoms with E-state index in [0.717, 1.165) is 24.9 Å². The van der Waals surface area contributed by atoms with Gasteiger partial charge >= 0.3 is 0 Å². The van der Waals surface area contributed by atoms with Crippen LogP contribution in [-0.2, 0) is 10.0 Å². The van der Waals surface area contributed by atoms with Gasteiger partial charge in [-0.15, -0.1) is 0 Å². The number of para-hydroxylation sites is 1. The largest absolute Gasteiger partial charge is 0.311 e. The normalized spacial score (nSPS) is 11.3. The van der Waals surface area contributed by atoms with Gasteiger partial charge in [0, 0.05) is 24.8 Å². The Morgan fingerprint density at radius 1 is 1.00 bits per heavy atom. The average Bonchev–Trinajstić information content (AvgIpc) is 2.65. The van der Waals surface area contributed by atoms with Crippen LogP contribution in [0.25, 0.3) is 0 Å². The van der Waals surface area contributed by atoms with Crippen molar-refractivity contribution in [3.63, 3.8) is 0 Å². The number of anilines is 1. The maximum absolute atomic E-state index is 12.5. The molecular formula is C19H24N2O3S. The monoisotopic (exact) mass is 360 g/mol. The zero-order valence-corrected chi connectivity index (χ0v) is 15.4. The lowest BCUT2D eigenvalue weighted by atomic mass is 10.2. The molecule has 1 amide bonds. The van der Waals surface area contributed by atoms with E-state index >= 15 is 0 Å². The van der Waals surface area contributed by atoms with E-state index < -0.39 is 10.0 Å². The van der Waals surface area contributed by atoms with Gasteiger partial charge in [0.2, 0.25) is 10.0 Å². The second-order valence-electron chi connectivity index (χ2n) is 5.83. The summed E-state index contributed by atoms with van der Waals surface area (Å²) in [5.41, 5.74) is 1.22. The van der Waals surface area contributed by atoms with Crippen LogP contribution in [0, 0.1) is 0 Å². The first-order chi connectivity index (χ1) is 12.0. The third-order valence-electron chi connectivity index (χ3n) is 3.93. The predicted octanol–water partition coefficient (Wildman–Crippen LogP) is 3.43. The Kier molecular flexibility index (Phi) is 6.73. The number of sulfonamides is 1. The highest BCUT2D eigenvalue weighted by atomic mass is 32.2. The summed E-state index contributed by atoms with van der Waals surface area (Å²) in [4.78, 5) is 14.2. The van der Waals surface area contributed by atoms with E-state index in [4.69, 9.17) is 0 Å². The molecule has 0 unspecified atom stereocenters. The first kappa shape index (κ1) is 19.1. The van der Waals surface area contributed by atoms with E-state index in [1.54, 1.807) is 19.2 Å². The lowest BCUT2D eigenvalue weighted by molar-refractivity contribution is 0.0993. The van der Waals surface area contributed by atoms with Crippen molar-refractivity contribution in [2.45, 2.75) is 31.1 Å². The molecule has 0 atom stereocenters. The summed E-state index contributed by atoms with van der Waals surface area (Å²) < 4.78 is 27.0. The molecule has 0 saturated heterocycles. The molecule has 0 spiro atoms. The highest BCUT2D eigenvalue weighted by Gasteiger charge is 2.16. The highest BCUT2D eigenvalue weighted by Crippen LogP contribution is 2.16. The second kappa shape index (κ2) is 8.78. The molecule has 2 rings (SSSR count). The number of rotatable bonds is 8. The second-order valence-corrected chi connectivity index (χ2v) is 7.60. The van der Waals surface area contributed by atoms with Gasteiger partial charge in [0.1, 0.15) is 0 Å². The number of carbonyl (C=O) groups is 1. The minimum absolute atomic E-state index is 0.169. The topological polar surface area (TPSA) is 66.5 Å². The number of carbonyl (C=O) groups excluding carboxylic acids is 1. The van der Waals surface area contributed by atoms with Gasteiger partial charge < -0.3 is 4.90 Å². The summed E-state index contributed by atoms with van der Waals surface area (Å²) in [6.45, 7) is 2.49. The van der Waals surface area contributed by atoms with Crippen molar-refractivity contribution >= 4 is 21.6 Å². The van der Waals surface area contributed by atoms with Gasteiger partial charge in [-0.05, 0) is 42.8 Å². The Hall–Kier alpha value is -2.18. The Morgan fingerprint density at radius 2 is 1.64 bits per heavy atom. The SMILES string of the molecule is CCCCCNS(=O)(=O)c1ccc(C(=O)N(C)c2ccccc2)cc1. The summed E-state index contributed by atoms with van der Waals surface area (Å²) in [5.74, 6) is -0.189. The quantitative estimate of drug-likeness (QED) is 0.734. The van der Waals surface area contributed by atoms with Crippen molar-refractivity contribution < 1.29 is 13.2 Å². The van der Waals surface area contributed by atoms with Crippen LogP contribution in [0.3, 0.4) is 0 Å². The maximum Gasteiger partial charge on any atom is 0.258 e. The minimum Gasteiger partial charge on any atom is -0.311 e. The van der Waals surface area contributed by atoms with Gasteiger partial charge in [-0.3, -0.25) is 4.79 Å².